The van der Waals surface area contributed by atoms with Crippen molar-refractivity contribution in [1.82, 2.24) is 5.32 Å². The van der Waals surface area contributed by atoms with E-state index < -0.39 is 18.6 Å². The van der Waals surface area contributed by atoms with Gasteiger partial charge in [0, 0.05) is 18.3 Å². The number of halogens is 3. The molecule has 0 saturated carbocycles. The lowest BCUT2D eigenvalue weighted by molar-refractivity contribution is -0.137. The first-order valence-corrected chi connectivity index (χ1v) is 5.71. The Labute approximate surface area is 113 Å². The van der Waals surface area contributed by atoms with Crippen molar-refractivity contribution in [2.24, 2.45) is 0 Å². The van der Waals surface area contributed by atoms with Gasteiger partial charge >= 0.3 is 6.18 Å². The second-order valence-electron chi connectivity index (χ2n) is 4.00. The van der Waals surface area contributed by atoms with Crippen LogP contribution in [0.2, 0.25) is 0 Å². The number of hydrogen-bond acceptors (Lipinski definition) is 3. The SMILES string of the molecule is CC(=O)Nc1ccc(NCC(=O)NCC(F)(F)F)cc1. The minimum Gasteiger partial charge on any atom is -0.376 e. The van der Waals surface area contributed by atoms with Crippen LogP contribution in [-0.4, -0.2) is 31.1 Å². The fraction of sp³-hybridized carbons (Fsp3) is 0.333. The third kappa shape index (κ3) is 6.62. The van der Waals surface area contributed by atoms with E-state index in [4.69, 9.17) is 0 Å². The molecular formula is C12H14F3N3O2. The van der Waals surface area contributed by atoms with Crippen LogP contribution in [-0.2, 0) is 9.59 Å². The molecule has 0 heterocycles. The Morgan fingerprint density at radius 3 is 2.15 bits per heavy atom. The summed E-state index contributed by atoms with van der Waals surface area (Å²) in [6.07, 6.45) is -4.42. The van der Waals surface area contributed by atoms with Crippen LogP contribution in [0.15, 0.2) is 24.3 Å². The number of carbonyl (C=O) groups excluding carboxylic acids is 2. The van der Waals surface area contributed by atoms with Crippen LogP contribution in [0.4, 0.5) is 24.5 Å². The zero-order valence-electron chi connectivity index (χ0n) is 10.7. The molecule has 0 radical (unpaired) electrons. The van der Waals surface area contributed by atoms with E-state index in [-0.39, 0.29) is 12.5 Å². The van der Waals surface area contributed by atoms with E-state index >= 15 is 0 Å². The van der Waals surface area contributed by atoms with Gasteiger partial charge in [-0.3, -0.25) is 9.59 Å². The lowest BCUT2D eigenvalue weighted by Crippen LogP contribution is -2.37. The molecule has 3 N–H and O–H groups in total. The summed E-state index contributed by atoms with van der Waals surface area (Å²) in [5.74, 6) is -0.967. The Hall–Kier alpha value is -2.25. The van der Waals surface area contributed by atoms with Crippen molar-refractivity contribution in [2.75, 3.05) is 23.7 Å². The fourth-order valence-corrected chi connectivity index (χ4v) is 1.32. The number of anilines is 2. The van der Waals surface area contributed by atoms with Crippen molar-refractivity contribution in [2.45, 2.75) is 13.1 Å². The third-order valence-electron chi connectivity index (χ3n) is 2.14. The van der Waals surface area contributed by atoms with Gasteiger partial charge in [0.1, 0.15) is 6.54 Å². The lowest BCUT2D eigenvalue weighted by Gasteiger charge is -2.10. The smallest absolute Gasteiger partial charge is 0.376 e. The normalized spacial score (nSPS) is 10.8. The summed E-state index contributed by atoms with van der Waals surface area (Å²) in [6.45, 7) is -0.248. The standard InChI is InChI=1S/C12H14F3N3O2/c1-8(19)18-10-4-2-9(3-5-10)16-6-11(20)17-7-12(13,14)15/h2-5,16H,6-7H2,1H3,(H,17,20)(H,18,19). The molecule has 1 aromatic rings. The zero-order chi connectivity index (χ0) is 15.2. The third-order valence-corrected chi connectivity index (χ3v) is 2.14. The maximum atomic E-state index is 11.9. The van der Waals surface area contributed by atoms with Crippen LogP contribution in [0.5, 0.6) is 0 Å². The Morgan fingerprint density at radius 2 is 1.65 bits per heavy atom. The first-order chi connectivity index (χ1) is 9.26. The Kier molecular flexibility index (Phi) is 5.36. The summed E-state index contributed by atoms with van der Waals surface area (Å²) in [4.78, 5) is 21.9. The van der Waals surface area contributed by atoms with E-state index in [0.717, 1.165) is 0 Å². The van der Waals surface area contributed by atoms with E-state index in [1.807, 2.05) is 0 Å². The number of benzene rings is 1. The zero-order valence-corrected chi connectivity index (χ0v) is 10.7. The van der Waals surface area contributed by atoms with Crippen LogP contribution in [0.25, 0.3) is 0 Å². The Morgan fingerprint density at radius 1 is 1.10 bits per heavy atom. The molecule has 0 aromatic heterocycles. The first-order valence-electron chi connectivity index (χ1n) is 5.71. The van der Waals surface area contributed by atoms with Crippen LogP contribution in [0, 0.1) is 0 Å². The van der Waals surface area contributed by atoms with E-state index in [9.17, 15) is 22.8 Å². The number of amides is 2. The summed E-state index contributed by atoms with van der Waals surface area (Å²) < 4.78 is 35.6. The van der Waals surface area contributed by atoms with Crippen molar-refractivity contribution in [3.05, 3.63) is 24.3 Å². The van der Waals surface area contributed by atoms with E-state index in [2.05, 4.69) is 10.6 Å². The maximum Gasteiger partial charge on any atom is 0.405 e. The van der Waals surface area contributed by atoms with Crippen LogP contribution in [0.3, 0.4) is 0 Å². The quantitative estimate of drug-likeness (QED) is 0.773. The highest BCUT2D eigenvalue weighted by molar-refractivity contribution is 5.88. The van der Waals surface area contributed by atoms with E-state index in [1.165, 1.54) is 6.92 Å². The van der Waals surface area contributed by atoms with E-state index in [1.54, 1.807) is 29.6 Å². The number of nitrogens with one attached hydrogen (secondary N) is 3. The molecule has 0 atom stereocenters. The number of alkyl halides is 3. The molecular weight excluding hydrogens is 275 g/mol. The summed E-state index contributed by atoms with van der Waals surface area (Å²) in [5, 5.41) is 6.98. The average molecular weight is 289 g/mol. The predicted octanol–water partition coefficient (Wildman–Crippen LogP) is 1.74. The van der Waals surface area contributed by atoms with Crippen LogP contribution < -0.4 is 16.0 Å². The van der Waals surface area contributed by atoms with Gasteiger partial charge in [-0.05, 0) is 24.3 Å². The Balaban J connectivity index is 2.38. The van der Waals surface area contributed by atoms with Gasteiger partial charge in [0.05, 0.1) is 6.54 Å². The summed E-state index contributed by atoms with van der Waals surface area (Å²) in [6, 6.07) is 6.42. The number of rotatable bonds is 5. The molecule has 110 valence electrons. The first kappa shape index (κ1) is 15.8. The van der Waals surface area contributed by atoms with E-state index in [0.29, 0.717) is 11.4 Å². The second kappa shape index (κ2) is 6.78. The van der Waals surface area contributed by atoms with Crippen molar-refractivity contribution < 1.29 is 22.8 Å². The molecule has 0 bridgehead atoms. The highest BCUT2D eigenvalue weighted by atomic mass is 19.4. The molecule has 2 amide bonds. The van der Waals surface area contributed by atoms with Gasteiger partial charge in [-0.25, -0.2) is 0 Å². The number of carbonyl (C=O) groups is 2. The molecule has 0 aliphatic carbocycles. The summed E-state index contributed by atoms with van der Waals surface area (Å²) >= 11 is 0. The molecule has 0 spiro atoms. The number of hydrogen-bond donors (Lipinski definition) is 3. The molecule has 5 nitrogen and oxygen atoms in total. The molecule has 0 aliphatic heterocycles. The van der Waals surface area contributed by atoms with Gasteiger partial charge in [-0.15, -0.1) is 0 Å². The van der Waals surface area contributed by atoms with Crippen LogP contribution in [0.1, 0.15) is 6.92 Å². The lowest BCUT2D eigenvalue weighted by atomic mass is 10.2. The molecule has 1 rings (SSSR count). The minimum atomic E-state index is -4.42. The van der Waals surface area contributed by atoms with Gasteiger partial charge < -0.3 is 16.0 Å². The molecule has 0 unspecified atom stereocenters. The highest BCUT2D eigenvalue weighted by Crippen LogP contribution is 2.13. The van der Waals surface area contributed by atoms with Gasteiger partial charge in [0.25, 0.3) is 0 Å². The van der Waals surface area contributed by atoms with Gasteiger partial charge in [-0.2, -0.15) is 13.2 Å². The summed E-state index contributed by atoms with van der Waals surface area (Å²) in [7, 11) is 0. The van der Waals surface area contributed by atoms with Crippen LogP contribution >= 0.6 is 0 Å². The largest absolute Gasteiger partial charge is 0.405 e. The molecule has 8 heteroatoms. The van der Waals surface area contributed by atoms with Gasteiger partial charge in [0.2, 0.25) is 11.8 Å². The van der Waals surface area contributed by atoms with Crippen molar-refractivity contribution in [1.29, 1.82) is 0 Å². The molecule has 0 saturated heterocycles. The minimum absolute atomic E-state index is 0.211. The highest BCUT2D eigenvalue weighted by Gasteiger charge is 2.27. The molecule has 0 aliphatic rings. The van der Waals surface area contributed by atoms with Crippen molar-refractivity contribution in [3.8, 4) is 0 Å². The second-order valence-corrected chi connectivity index (χ2v) is 4.00. The topological polar surface area (TPSA) is 70.2 Å². The fourth-order valence-electron chi connectivity index (χ4n) is 1.32. The van der Waals surface area contributed by atoms with Gasteiger partial charge in [0.15, 0.2) is 0 Å². The van der Waals surface area contributed by atoms with Crippen molar-refractivity contribution >= 4 is 23.2 Å². The monoisotopic (exact) mass is 289 g/mol. The maximum absolute atomic E-state index is 11.9. The molecule has 20 heavy (non-hydrogen) atoms. The molecule has 0 fully saturated rings. The van der Waals surface area contributed by atoms with Crippen molar-refractivity contribution in [3.63, 3.8) is 0 Å². The summed E-state index contributed by atoms with van der Waals surface area (Å²) in [5.41, 5.74) is 1.14. The predicted molar refractivity (Wildman–Crippen MR) is 68.3 cm³/mol. The average Bonchev–Trinajstić information content (AvgIpc) is 2.34. The van der Waals surface area contributed by atoms with Gasteiger partial charge in [-0.1, -0.05) is 0 Å². The Bertz CT molecular complexity index is 472. The molecule has 1 aromatic carbocycles.